The molecule has 16 heavy (non-hydrogen) atoms. The molecule has 2 aromatic heterocycles. The molecule has 0 aliphatic rings. The summed E-state index contributed by atoms with van der Waals surface area (Å²) in [5.74, 6) is 1.46. The standard InChI is InChI=1S/C11H6Br2N2O/c12-6-1-2-7-8(5-6)15-11(14-7)9-3-4-10(13)16-9/h1-5H,(H,14,15). The monoisotopic (exact) mass is 340 g/mol. The summed E-state index contributed by atoms with van der Waals surface area (Å²) < 4.78 is 7.16. The van der Waals surface area contributed by atoms with E-state index < -0.39 is 0 Å². The second-order valence-corrected chi connectivity index (χ2v) is 5.05. The number of rotatable bonds is 1. The van der Waals surface area contributed by atoms with Gasteiger partial charge in [0.1, 0.15) is 0 Å². The van der Waals surface area contributed by atoms with Crippen LogP contribution in [0.1, 0.15) is 0 Å². The van der Waals surface area contributed by atoms with Gasteiger partial charge in [-0.05, 0) is 46.3 Å². The first kappa shape index (κ1) is 10.1. The maximum atomic E-state index is 5.44. The van der Waals surface area contributed by atoms with Crippen molar-refractivity contribution in [2.24, 2.45) is 0 Å². The van der Waals surface area contributed by atoms with E-state index in [0.29, 0.717) is 4.67 Å². The lowest BCUT2D eigenvalue weighted by atomic mass is 10.3. The predicted octanol–water partition coefficient (Wildman–Crippen LogP) is 4.35. The Bertz CT molecular complexity index is 657. The molecule has 3 rings (SSSR count). The molecule has 0 saturated carbocycles. The number of halogens is 2. The summed E-state index contributed by atoms with van der Waals surface area (Å²) >= 11 is 6.69. The Hall–Kier alpha value is -1.07. The zero-order valence-electron chi connectivity index (χ0n) is 8.00. The fourth-order valence-corrected chi connectivity index (χ4v) is 2.21. The molecule has 0 fully saturated rings. The molecular weight excluding hydrogens is 336 g/mol. The first-order valence-electron chi connectivity index (χ1n) is 4.63. The molecule has 80 valence electrons. The van der Waals surface area contributed by atoms with Gasteiger partial charge >= 0.3 is 0 Å². The maximum absolute atomic E-state index is 5.44. The number of H-pyrrole nitrogens is 1. The molecule has 0 aliphatic carbocycles. The minimum Gasteiger partial charge on any atom is -0.446 e. The molecule has 3 aromatic rings. The van der Waals surface area contributed by atoms with E-state index in [-0.39, 0.29) is 0 Å². The molecule has 1 N–H and O–H groups in total. The van der Waals surface area contributed by atoms with Crippen molar-refractivity contribution in [2.45, 2.75) is 0 Å². The summed E-state index contributed by atoms with van der Waals surface area (Å²) in [6.45, 7) is 0. The minimum absolute atomic E-state index is 0.698. The lowest BCUT2D eigenvalue weighted by Crippen LogP contribution is -1.74. The van der Waals surface area contributed by atoms with Crippen molar-refractivity contribution < 1.29 is 4.42 Å². The third kappa shape index (κ3) is 1.70. The molecule has 0 saturated heterocycles. The van der Waals surface area contributed by atoms with Crippen LogP contribution in [0.15, 0.2) is 43.9 Å². The highest BCUT2D eigenvalue weighted by Crippen LogP contribution is 2.26. The summed E-state index contributed by atoms with van der Waals surface area (Å²) in [7, 11) is 0. The molecule has 0 amide bonds. The Labute approximate surface area is 108 Å². The highest BCUT2D eigenvalue weighted by molar-refractivity contribution is 9.10. The summed E-state index contributed by atoms with van der Waals surface area (Å²) in [5.41, 5.74) is 1.91. The van der Waals surface area contributed by atoms with Crippen molar-refractivity contribution in [2.75, 3.05) is 0 Å². The van der Waals surface area contributed by atoms with E-state index >= 15 is 0 Å². The van der Waals surface area contributed by atoms with Gasteiger partial charge < -0.3 is 9.40 Å². The molecule has 3 nitrogen and oxygen atoms in total. The molecule has 0 spiro atoms. The fraction of sp³-hybridized carbons (Fsp3) is 0. The molecule has 0 bridgehead atoms. The first-order valence-corrected chi connectivity index (χ1v) is 6.22. The van der Waals surface area contributed by atoms with E-state index in [2.05, 4.69) is 41.8 Å². The molecule has 1 aromatic carbocycles. The number of nitrogens with one attached hydrogen (secondary N) is 1. The van der Waals surface area contributed by atoms with Crippen molar-refractivity contribution in [3.8, 4) is 11.6 Å². The summed E-state index contributed by atoms with van der Waals surface area (Å²) in [4.78, 5) is 7.66. The number of hydrogen-bond donors (Lipinski definition) is 1. The minimum atomic E-state index is 0.698. The number of imidazole rings is 1. The highest BCUT2D eigenvalue weighted by Gasteiger charge is 2.08. The lowest BCUT2D eigenvalue weighted by molar-refractivity contribution is 0.552. The molecule has 2 heterocycles. The van der Waals surface area contributed by atoms with Crippen molar-refractivity contribution >= 4 is 42.9 Å². The summed E-state index contributed by atoms with van der Waals surface area (Å²) in [6.07, 6.45) is 0. The van der Waals surface area contributed by atoms with Crippen LogP contribution in [0, 0.1) is 0 Å². The van der Waals surface area contributed by atoms with Gasteiger partial charge in [0.15, 0.2) is 16.3 Å². The number of furan rings is 1. The summed E-state index contributed by atoms with van der Waals surface area (Å²) in [5, 5.41) is 0. The predicted molar refractivity (Wildman–Crippen MR) is 69.2 cm³/mol. The van der Waals surface area contributed by atoms with Gasteiger partial charge in [-0.15, -0.1) is 0 Å². The fourth-order valence-electron chi connectivity index (χ4n) is 1.54. The molecule has 0 unspecified atom stereocenters. The normalized spacial score (nSPS) is 11.1. The van der Waals surface area contributed by atoms with Crippen LogP contribution < -0.4 is 0 Å². The molecular formula is C11H6Br2N2O. The third-order valence-electron chi connectivity index (χ3n) is 2.25. The van der Waals surface area contributed by atoms with Crippen molar-refractivity contribution in [1.29, 1.82) is 0 Å². The largest absolute Gasteiger partial charge is 0.446 e. The van der Waals surface area contributed by atoms with Gasteiger partial charge in [0.25, 0.3) is 0 Å². The lowest BCUT2D eigenvalue weighted by Gasteiger charge is -1.88. The Morgan fingerprint density at radius 2 is 2.00 bits per heavy atom. The van der Waals surface area contributed by atoms with Crippen LogP contribution in [0.25, 0.3) is 22.6 Å². The van der Waals surface area contributed by atoms with Crippen LogP contribution in [0.3, 0.4) is 0 Å². The second kappa shape index (κ2) is 3.75. The average Bonchev–Trinajstić information content (AvgIpc) is 2.83. The Morgan fingerprint density at radius 1 is 1.12 bits per heavy atom. The summed E-state index contributed by atoms with van der Waals surface area (Å²) in [6, 6.07) is 9.63. The van der Waals surface area contributed by atoms with Crippen LogP contribution in [-0.4, -0.2) is 9.97 Å². The smallest absolute Gasteiger partial charge is 0.174 e. The number of fused-ring (bicyclic) bond motifs is 1. The maximum Gasteiger partial charge on any atom is 0.174 e. The number of aromatic amines is 1. The van der Waals surface area contributed by atoms with E-state index in [1.165, 1.54) is 0 Å². The van der Waals surface area contributed by atoms with Gasteiger partial charge in [-0.1, -0.05) is 15.9 Å². The van der Waals surface area contributed by atoms with Gasteiger partial charge in [0.2, 0.25) is 0 Å². The SMILES string of the molecule is Brc1ccc2nc(-c3ccc(Br)o3)[nH]c2c1. The van der Waals surface area contributed by atoms with Crippen LogP contribution in [0.5, 0.6) is 0 Å². The zero-order chi connectivity index (χ0) is 11.1. The molecule has 0 atom stereocenters. The topological polar surface area (TPSA) is 41.8 Å². The number of benzene rings is 1. The third-order valence-corrected chi connectivity index (χ3v) is 3.17. The Morgan fingerprint density at radius 3 is 2.75 bits per heavy atom. The van der Waals surface area contributed by atoms with Gasteiger partial charge in [-0.2, -0.15) is 0 Å². The van der Waals surface area contributed by atoms with E-state index in [9.17, 15) is 0 Å². The molecule has 0 aliphatic heterocycles. The number of nitrogens with zero attached hydrogens (tertiary/aromatic N) is 1. The average molecular weight is 342 g/mol. The van der Waals surface area contributed by atoms with E-state index in [1.807, 2.05) is 30.3 Å². The van der Waals surface area contributed by atoms with Crippen molar-refractivity contribution in [1.82, 2.24) is 9.97 Å². The molecule has 0 radical (unpaired) electrons. The van der Waals surface area contributed by atoms with Gasteiger partial charge in [-0.3, -0.25) is 0 Å². The molecule has 5 heteroatoms. The zero-order valence-corrected chi connectivity index (χ0v) is 11.2. The quantitative estimate of drug-likeness (QED) is 0.715. The van der Waals surface area contributed by atoms with E-state index in [1.54, 1.807) is 0 Å². The van der Waals surface area contributed by atoms with Crippen LogP contribution >= 0.6 is 31.9 Å². The van der Waals surface area contributed by atoms with E-state index in [0.717, 1.165) is 27.1 Å². The Kier molecular flexibility index (Phi) is 2.37. The highest BCUT2D eigenvalue weighted by atomic mass is 79.9. The van der Waals surface area contributed by atoms with Gasteiger partial charge in [0.05, 0.1) is 11.0 Å². The first-order chi connectivity index (χ1) is 7.72. The van der Waals surface area contributed by atoms with Gasteiger partial charge in [0, 0.05) is 4.47 Å². The Balaban J connectivity index is 2.18. The van der Waals surface area contributed by atoms with Crippen LogP contribution in [-0.2, 0) is 0 Å². The van der Waals surface area contributed by atoms with Crippen LogP contribution in [0.4, 0.5) is 0 Å². The van der Waals surface area contributed by atoms with Crippen molar-refractivity contribution in [3.05, 3.63) is 39.5 Å². The number of hydrogen-bond acceptors (Lipinski definition) is 2. The second-order valence-electron chi connectivity index (χ2n) is 3.35. The number of aromatic nitrogens is 2. The van der Waals surface area contributed by atoms with Crippen molar-refractivity contribution in [3.63, 3.8) is 0 Å². The van der Waals surface area contributed by atoms with E-state index in [4.69, 9.17) is 4.42 Å². The van der Waals surface area contributed by atoms with Crippen LogP contribution in [0.2, 0.25) is 0 Å². The van der Waals surface area contributed by atoms with Gasteiger partial charge in [-0.25, -0.2) is 4.98 Å².